The van der Waals surface area contributed by atoms with Gasteiger partial charge in [-0.15, -0.1) is 3.71 Å². The Kier molecular flexibility index (Phi) is 2.00. The van der Waals surface area contributed by atoms with Gasteiger partial charge in [0.15, 0.2) is 0 Å². The number of fused-ring (bicyclic) bond motifs is 1. The molecule has 0 unspecified atom stereocenters. The average Bonchev–Trinajstić information content (AvgIpc) is 2.44. The van der Waals surface area contributed by atoms with Crippen LogP contribution in [0.2, 0.25) is 0 Å². The highest BCUT2D eigenvalue weighted by atomic mass is 32.3. The van der Waals surface area contributed by atoms with Crippen LogP contribution in [0.4, 0.5) is 10.2 Å². The van der Waals surface area contributed by atoms with Gasteiger partial charge in [-0.05, 0) is 31.0 Å². The molecule has 0 aliphatic carbocycles. The van der Waals surface area contributed by atoms with Gasteiger partial charge >= 0.3 is 10.2 Å². The van der Waals surface area contributed by atoms with Crippen molar-refractivity contribution in [1.82, 2.24) is 3.71 Å². The largest absolute Gasteiger partial charge is 0.369 e. The zero-order valence-corrected chi connectivity index (χ0v) is 11.3. The van der Waals surface area contributed by atoms with Crippen LogP contribution in [0.5, 0.6) is 0 Å². The highest BCUT2D eigenvalue weighted by Crippen LogP contribution is 2.48. The molecule has 0 atom stereocenters. The van der Waals surface area contributed by atoms with E-state index in [2.05, 4.69) is 0 Å². The van der Waals surface area contributed by atoms with Crippen LogP contribution >= 0.6 is 0 Å². The molecule has 0 N–H and O–H groups in total. The van der Waals surface area contributed by atoms with Crippen LogP contribution in [0.15, 0.2) is 11.0 Å². The van der Waals surface area contributed by atoms with Crippen LogP contribution in [-0.2, 0) is 20.2 Å². The summed E-state index contributed by atoms with van der Waals surface area (Å²) in [4.78, 5) is 11.3. The summed E-state index contributed by atoms with van der Waals surface area (Å²) < 4.78 is 60.5. The summed E-state index contributed by atoms with van der Waals surface area (Å²) in [5.41, 5.74) is -0.333. The van der Waals surface area contributed by atoms with E-state index in [1.54, 1.807) is 0 Å². The fourth-order valence-electron chi connectivity index (χ4n) is 2.21. The lowest BCUT2D eigenvalue weighted by atomic mass is 10.0. The van der Waals surface area contributed by atoms with Crippen molar-refractivity contribution in [3.05, 3.63) is 22.8 Å². The van der Waals surface area contributed by atoms with Crippen molar-refractivity contribution < 1.29 is 26.1 Å². The molecule has 1 amide bonds. The number of rotatable bonds is 0. The van der Waals surface area contributed by atoms with Gasteiger partial charge < -0.3 is 0 Å². The molecule has 2 aliphatic rings. The van der Waals surface area contributed by atoms with Crippen LogP contribution in [0.25, 0.3) is 0 Å². The molecule has 0 spiro atoms. The van der Waals surface area contributed by atoms with Gasteiger partial charge in [-0.3, -0.25) is 4.79 Å². The molecule has 7 nitrogen and oxygen atoms in total. The summed E-state index contributed by atoms with van der Waals surface area (Å²) in [6, 6.07) is 1.25. The van der Waals surface area contributed by atoms with E-state index in [9.17, 15) is 26.1 Å². The van der Waals surface area contributed by atoms with Crippen molar-refractivity contribution in [3.63, 3.8) is 0 Å². The van der Waals surface area contributed by atoms with E-state index >= 15 is 0 Å². The maximum atomic E-state index is 14.0. The second-order valence-corrected chi connectivity index (χ2v) is 7.81. The van der Waals surface area contributed by atoms with E-state index in [0.29, 0.717) is 5.56 Å². The molecule has 3 rings (SSSR count). The minimum atomic E-state index is -5.05. The van der Waals surface area contributed by atoms with Gasteiger partial charge in [-0.2, -0.15) is 16.8 Å². The van der Waals surface area contributed by atoms with Gasteiger partial charge in [-0.25, -0.2) is 0 Å². The first-order chi connectivity index (χ1) is 8.61. The Bertz CT molecular complexity index is 859. The van der Waals surface area contributed by atoms with Gasteiger partial charge in [0, 0.05) is 0 Å². The van der Waals surface area contributed by atoms with Gasteiger partial charge in [0.25, 0.3) is 15.9 Å². The molecule has 1 aromatic rings. The SMILES string of the molecule is Cc1cc2c3c(c1C)N(F)S(=O)(=O)N(C2=O)S3(=O)=O. The Morgan fingerprint density at radius 2 is 1.74 bits per heavy atom. The highest BCUT2D eigenvalue weighted by molar-refractivity contribution is 8.06. The van der Waals surface area contributed by atoms with Crippen LogP contribution in [0, 0.1) is 13.8 Å². The molecule has 10 heteroatoms. The molecule has 19 heavy (non-hydrogen) atoms. The third kappa shape index (κ3) is 1.13. The summed E-state index contributed by atoms with van der Waals surface area (Å²) in [5, 5.41) is 0. The van der Waals surface area contributed by atoms with E-state index < -0.39 is 45.0 Å². The highest BCUT2D eigenvalue weighted by Gasteiger charge is 2.58. The zero-order valence-electron chi connectivity index (χ0n) is 9.71. The number of carbonyl (C=O) groups excluding carboxylic acids is 1. The van der Waals surface area contributed by atoms with Crippen molar-refractivity contribution in [3.8, 4) is 0 Å². The Hall–Kier alpha value is -1.68. The minimum absolute atomic E-state index is 0.155. The Morgan fingerprint density at radius 1 is 1.16 bits per heavy atom. The van der Waals surface area contributed by atoms with Crippen LogP contribution < -0.4 is 4.53 Å². The quantitative estimate of drug-likeness (QED) is 0.647. The number of aryl methyl sites for hydroxylation is 1. The smallest absolute Gasteiger partial charge is 0.267 e. The lowest BCUT2D eigenvalue weighted by Crippen LogP contribution is -2.46. The average molecular weight is 306 g/mol. The molecular formula is C9H7FN2O5S2. The molecule has 0 saturated heterocycles. The molecular weight excluding hydrogens is 299 g/mol. The number of halogens is 1. The number of anilines is 1. The van der Waals surface area contributed by atoms with E-state index in [1.807, 2.05) is 0 Å². The lowest BCUT2D eigenvalue weighted by Gasteiger charge is -2.26. The van der Waals surface area contributed by atoms with Crippen LogP contribution in [0.1, 0.15) is 21.5 Å². The van der Waals surface area contributed by atoms with Crippen molar-refractivity contribution in [2.45, 2.75) is 18.7 Å². The Balaban J connectivity index is 2.66. The third-order valence-corrected chi connectivity index (χ3v) is 7.09. The molecule has 2 aliphatic heterocycles. The molecule has 0 radical (unpaired) electrons. The van der Waals surface area contributed by atoms with Gasteiger partial charge in [-0.1, -0.05) is 9.01 Å². The van der Waals surface area contributed by atoms with Gasteiger partial charge in [0.2, 0.25) is 0 Å². The number of sulfonamides is 1. The first kappa shape index (κ1) is 12.4. The number of hydrogen-bond donors (Lipinski definition) is 0. The van der Waals surface area contributed by atoms with Gasteiger partial charge in [0.05, 0.1) is 5.56 Å². The van der Waals surface area contributed by atoms with Crippen LogP contribution in [-0.4, -0.2) is 26.5 Å². The number of carbonyl (C=O) groups is 1. The molecule has 102 valence electrons. The van der Waals surface area contributed by atoms with Crippen molar-refractivity contribution in [2.24, 2.45) is 0 Å². The monoisotopic (exact) mass is 306 g/mol. The fraction of sp³-hybridized carbons (Fsp3) is 0.222. The fourth-order valence-corrected chi connectivity index (χ4v) is 5.94. The van der Waals surface area contributed by atoms with Crippen molar-refractivity contribution in [2.75, 3.05) is 4.53 Å². The Morgan fingerprint density at radius 3 is 2.32 bits per heavy atom. The lowest BCUT2D eigenvalue weighted by molar-refractivity contribution is 0.0928. The van der Waals surface area contributed by atoms with Crippen molar-refractivity contribution >= 4 is 31.8 Å². The first-order valence-corrected chi connectivity index (χ1v) is 7.90. The zero-order chi connectivity index (χ0) is 14.3. The number of nitrogens with zero attached hydrogens (tertiary/aromatic N) is 2. The van der Waals surface area contributed by atoms with Crippen LogP contribution in [0.3, 0.4) is 0 Å². The second kappa shape index (κ2) is 3.07. The molecule has 2 heterocycles. The molecule has 0 saturated carbocycles. The number of hydrogen-bond acceptors (Lipinski definition) is 5. The predicted octanol–water partition coefficient (Wildman–Crippen LogP) is 0.397. The number of amides is 1. The van der Waals surface area contributed by atoms with Gasteiger partial charge in [0.1, 0.15) is 10.6 Å². The van der Waals surface area contributed by atoms with E-state index in [1.165, 1.54) is 19.9 Å². The Labute approximate surface area is 108 Å². The standard InChI is InChI=1S/C9H7FN2O5S2/c1-4-3-6-8-7(5(4)2)11(10)19(16,17)12(9(6)13)18(8,14)15/h3H,1-2H3. The normalized spacial score (nSPS) is 21.9. The maximum Gasteiger partial charge on any atom is 0.369 e. The predicted molar refractivity (Wildman–Crippen MR) is 61.8 cm³/mol. The summed E-state index contributed by atoms with van der Waals surface area (Å²) in [6.07, 6.45) is 0. The van der Waals surface area contributed by atoms with E-state index in [4.69, 9.17) is 0 Å². The summed E-state index contributed by atoms with van der Waals surface area (Å²) in [7, 11) is -9.59. The third-order valence-electron chi connectivity index (χ3n) is 3.23. The first-order valence-electron chi connectivity index (χ1n) is 5.07. The van der Waals surface area contributed by atoms with E-state index in [0.717, 1.165) is 0 Å². The molecule has 0 aromatic heterocycles. The second-order valence-electron chi connectivity index (χ2n) is 4.27. The topological polar surface area (TPSA) is 91.8 Å². The maximum absolute atomic E-state index is 14.0. The molecule has 1 aromatic carbocycles. The van der Waals surface area contributed by atoms with Crippen molar-refractivity contribution in [1.29, 1.82) is 0 Å². The molecule has 0 fully saturated rings. The summed E-state index contributed by atoms with van der Waals surface area (Å²) in [5.74, 6) is -1.25. The summed E-state index contributed by atoms with van der Waals surface area (Å²) >= 11 is 0. The summed E-state index contributed by atoms with van der Waals surface area (Å²) in [6.45, 7) is 2.93. The molecule has 2 bridgehead atoms. The minimum Gasteiger partial charge on any atom is -0.267 e. The van der Waals surface area contributed by atoms with E-state index in [-0.39, 0.29) is 11.1 Å². The number of benzene rings is 1.